The Bertz CT molecular complexity index is 947. The van der Waals surface area contributed by atoms with Gasteiger partial charge in [-0.15, -0.1) is 0 Å². The van der Waals surface area contributed by atoms with E-state index in [0.717, 1.165) is 5.56 Å². The number of esters is 1. The first-order valence-corrected chi connectivity index (χ1v) is 11.4. The minimum Gasteiger partial charge on any atom is -0.490 e. The van der Waals surface area contributed by atoms with Crippen molar-refractivity contribution in [3.05, 3.63) is 77.4 Å². The third kappa shape index (κ3) is 9.37. The molecular formula is C27H35NO6. The van der Waals surface area contributed by atoms with Crippen molar-refractivity contribution >= 4 is 11.9 Å². The van der Waals surface area contributed by atoms with Crippen LogP contribution in [0.2, 0.25) is 0 Å². The summed E-state index contributed by atoms with van der Waals surface area (Å²) in [5, 5.41) is 23.5. The molecule has 0 unspecified atom stereocenters. The Balaban J connectivity index is 1.78. The predicted molar refractivity (Wildman–Crippen MR) is 131 cm³/mol. The summed E-state index contributed by atoms with van der Waals surface area (Å²) in [6.07, 6.45) is 0.838. The van der Waals surface area contributed by atoms with Crippen LogP contribution in [0.15, 0.2) is 66.2 Å². The lowest BCUT2D eigenvalue weighted by Crippen LogP contribution is -2.41. The molecule has 0 aliphatic carbocycles. The molecule has 2 rings (SSSR count). The molecule has 0 radical (unpaired) electrons. The van der Waals surface area contributed by atoms with E-state index in [1.54, 1.807) is 25.1 Å². The average Bonchev–Trinajstić information content (AvgIpc) is 2.79. The molecule has 2 aromatic carbocycles. The molecule has 0 heterocycles. The lowest BCUT2D eigenvalue weighted by molar-refractivity contribution is -0.161. The van der Waals surface area contributed by atoms with Crippen LogP contribution in [-0.2, 0) is 16.0 Å². The van der Waals surface area contributed by atoms with Crippen LogP contribution in [0.25, 0.3) is 0 Å². The van der Waals surface area contributed by atoms with Gasteiger partial charge in [-0.3, -0.25) is 9.59 Å². The Hall–Kier alpha value is -3.16. The third-order valence-electron chi connectivity index (χ3n) is 5.37. The molecule has 34 heavy (non-hydrogen) atoms. The Morgan fingerprint density at radius 3 is 2.29 bits per heavy atom. The van der Waals surface area contributed by atoms with E-state index in [9.17, 15) is 19.8 Å². The fraction of sp³-hybridized carbons (Fsp3) is 0.407. The van der Waals surface area contributed by atoms with Gasteiger partial charge in [-0.2, -0.15) is 0 Å². The number of aliphatic hydroxyl groups excluding tert-OH is 1. The maximum atomic E-state index is 12.1. The van der Waals surface area contributed by atoms with E-state index in [4.69, 9.17) is 9.47 Å². The minimum atomic E-state index is -1.27. The fourth-order valence-corrected chi connectivity index (χ4v) is 3.24. The van der Waals surface area contributed by atoms with Gasteiger partial charge in [-0.05, 0) is 68.7 Å². The van der Waals surface area contributed by atoms with Gasteiger partial charge in [0.25, 0.3) is 5.91 Å². The summed E-state index contributed by atoms with van der Waals surface area (Å²) in [6, 6.07) is 16.7. The summed E-state index contributed by atoms with van der Waals surface area (Å²) in [6.45, 7) is 6.90. The Morgan fingerprint density at radius 1 is 1.06 bits per heavy atom. The van der Waals surface area contributed by atoms with Crippen molar-refractivity contribution in [1.82, 2.24) is 5.32 Å². The van der Waals surface area contributed by atoms with Crippen LogP contribution in [0.4, 0.5) is 0 Å². The Morgan fingerprint density at radius 2 is 1.71 bits per heavy atom. The van der Waals surface area contributed by atoms with E-state index < -0.39 is 23.8 Å². The van der Waals surface area contributed by atoms with Crippen molar-refractivity contribution in [1.29, 1.82) is 0 Å². The van der Waals surface area contributed by atoms with Gasteiger partial charge in [-0.25, -0.2) is 0 Å². The van der Waals surface area contributed by atoms with Gasteiger partial charge in [0.1, 0.15) is 18.5 Å². The first kappa shape index (κ1) is 27.1. The van der Waals surface area contributed by atoms with Crippen molar-refractivity contribution < 1.29 is 29.3 Å². The van der Waals surface area contributed by atoms with Crippen LogP contribution in [0, 0.1) is 0 Å². The van der Waals surface area contributed by atoms with E-state index in [1.165, 1.54) is 20.8 Å². The van der Waals surface area contributed by atoms with Crippen molar-refractivity contribution in [2.75, 3.05) is 13.2 Å². The van der Waals surface area contributed by atoms with Gasteiger partial charge in [0.05, 0.1) is 11.7 Å². The number of carbonyl (C=O) groups excluding carboxylic acids is 2. The van der Waals surface area contributed by atoms with Crippen molar-refractivity contribution in [2.24, 2.45) is 0 Å². The highest BCUT2D eigenvalue weighted by Gasteiger charge is 2.32. The third-order valence-corrected chi connectivity index (χ3v) is 5.37. The van der Waals surface area contributed by atoms with Crippen molar-refractivity contribution in [2.45, 2.75) is 58.3 Å². The van der Waals surface area contributed by atoms with Crippen LogP contribution < -0.4 is 10.1 Å². The largest absolute Gasteiger partial charge is 0.490 e. The van der Waals surface area contributed by atoms with E-state index in [0.29, 0.717) is 29.9 Å². The number of benzene rings is 2. The standard InChI is InChI=1S/C27H35NO6/c1-19(24(30)18-25(27(3,4)32)34-20(2)29)15-17-33-23-12-10-21(11-13-23)14-16-28-26(31)22-8-6-5-7-9-22/h5-13,15,24-25,30,32H,14,16-18H2,1-4H3,(H,28,31)/b19-15+/t24-,25+/m0/s1. The lowest BCUT2D eigenvalue weighted by atomic mass is 9.93. The summed E-state index contributed by atoms with van der Waals surface area (Å²) in [5.41, 5.74) is 1.11. The second-order valence-corrected chi connectivity index (χ2v) is 8.78. The average molecular weight is 470 g/mol. The molecule has 3 N–H and O–H groups in total. The molecule has 7 nitrogen and oxygen atoms in total. The zero-order valence-corrected chi connectivity index (χ0v) is 20.3. The molecule has 184 valence electrons. The summed E-state index contributed by atoms with van der Waals surface area (Å²) >= 11 is 0. The van der Waals surface area contributed by atoms with Gasteiger partial charge >= 0.3 is 5.97 Å². The summed E-state index contributed by atoms with van der Waals surface area (Å²) in [5.74, 6) is 0.0860. The first-order valence-electron chi connectivity index (χ1n) is 11.4. The number of rotatable bonds is 12. The maximum Gasteiger partial charge on any atom is 0.303 e. The van der Waals surface area contributed by atoms with Crippen LogP contribution in [-0.4, -0.2) is 53.1 Å². The van der Waals surface area contributed by atoms with Gasteiger partial charge in [0.2, 0.25) is 0 Å². The summed E-state index contributed by atoms with van der Waals surface area (Å²) in [4.78, 5) is 23.4. The van der Waals surface area contributed by atoms with E-state index in [2.05, 4.69) is 5.32 Å². The monoisotopic (exact) mass is 469 g/mol. The highest BCUT2D eigenvalue weighted by Crippen LogP contribution is 2.21. The topological polar surface area (TPSA) is 105 Å². The van der Waals surface area contributed by atoms with E-state index in [1.807, 2.05) is 42.5 Å². The second-order valence-electron chi connectivity index (χ2n) is 8.78. The number of amides is 1. The van der Waals surface area contributed by atoms with Crippen molar-refractivity contribution in [3.63, 3.8) is 0 Å². The summed E-state index contributed by atoms with van der Waals surface area (Å²) < 4.78 is 10.9. The van der Waals surface area contributed by atoms with E-state index in [-0.39, 0.29) is 18.9 Å². The number of carbonyl (C=O) groups is 2. The number of ether oxygens (including phenoxy) is 2. The fourth-order valence-electron chi connectivity index (χ4n) is 3.24. The summed E-state index contributed by atoms with van der Waals surface area (Å²) in [7, 11) is 0. The van der Waals surface area contributed by atoms with Crippen LogP contribution in [0.3, 0.4) is 0 Å². The second kappa shape index (κ2) is 12.9. The number of hydrogen-bond acceptors (Lipinski definition) is 6. The van der Waals surface area contributed by atoms with Gasteiger partial charge in [0.15, 0.2) is 0 Å². The van der Waals surface area contributed by atoms with Gasteiger partial charge in [0, 0.05) is 25.5 Å². The Labute approximate surface area is 201 Å². The molecule has 0 saturated heterocycles. The molecule has 2 aromatic rings. The minimum absolute atomic E-state index is 0.0842. The number of aliphatic hydroxyl groups is 2. The molecule has 0 saturated carbocycles. The highest BCUT2D eigenvalue weighted by atomic mass is 16.6. The smallest absolute Gasteiger partial charge is 0.303 e. The van der Waals surface area contributed by atoms with Crippen LogP contribution >= 0.6 is 0 Å². The van der Waals surface area contributed by atoms with Gasteiger partial charge < -0.3 is 25.0 Å². The van der Waals surface area contributed by atoms with Gasteiger partial charge in [-0.1, -0.05) is 30.3 Å². The molecule has 0 fully saturated rings. The Kier molecular flexibility index (Phi) is 10.3. The number of hydrogen-bond donors (Lipinski definition) is 3. The SMILES string of the molecule is CC(=O)O[C@H](C[C@H](O)/C(C)=C/COc1ccc(CCNC(=O)c2ccccc2)cc1)C(C)(C)O. The van der Waals surface area contributed by atoms with Crippen LogP contribution in [0.5, 0.6) is 5.75 Å². The molecule has 0 bridgehead atoms. The van der Waals surface area contributed by atoms with E-state index >= 15 is 0 Å². The van der Waals surface area contributed by atoms with Crippen molar-refractivity contribution in [3.8, 4) is 5.75 Å². The normalized spacial score (nSPS) is 13.6. The molecule has 0 aliphatic rings. The molecule has 0 aliphatic heterocycles. The quantitative estimate of drug-likeness (QED) is 0.325. The number of nitrogens with one attached hydrogen (secondary N) is 1. The molecule has 0 aromatic heterocycles. The van der Waals surface area contributed by atoms with Crippen LogP contribution in [0.1, 0.15) is 50.0 Å². The molecule has 1 amide bonds. The molecule has 0 spiro atoms. The predicted octanol–water partition coefficient (Wildman–Crippen LogP) is 3.44. The first-order chi connectivity index (χ1) is 16.1. The zero-order valence-electron chi connectivity index (χ0n) is 20.3. The molecule has 7 heteroatoms. The maximum absolute atomic E-state index is 12.1. The highest BCUT2D eigenvalue weighted by molar-refractivity contribution is 5.94. The zero-order chi connectivity index (χ0) is 25.1. The lowest BCUT2D eigenvalue weighted by Gasteiger charge is -2.30. The molecular weight excluding hydrogens is 434 g/mol. The molecule has 2 atom stereocenters.